The second-order valence-electron chi connectivity index (χ2n) is 11.4. The highest BCUT2D eigenvalue weighted by atomic mass is 16.5. The van der Waals surface area contributed by atoms with Gasteiger partial charge in [-0.25, -0.2) is 0 Å². The van der Waals surface area contributed by atoms with E-state index >= 15 is 0 Å². The first-order chi connectivity index (χ1) is 20.1. The van der Waals surface area contributed by atoms with Crippen molar-refractivity contribution in [1.29, 1.82) is 0 Å². The second-order valence-corrected chi connectivity index (χ2v) is 11.4. The molecule has 1 N–H and O–H groups in total. The smallest absolute Gasteiger partial charge is 0.129 e. The number of hydrogen-bond acceptors (Lipinski definition) is 3. The highest BCUT2D eigenvalue weighted by molar-refractivity contribution is 6.03. The minimum absolute atomic E-state index is 0.284. The Kier molecular flexibility index (Phi) is 6.64. The van der Waals surface area contributed by atoms with Crippen molar-refractivity contribution in [2.45, 2.75) is 38.8 Å². The summed E-state index contributed by atoms with van der Waals surface area (Å²) < 4.78 is 6.39. The van der Waals surface area contributed by atoms with Gasteiger partial charge in [0.1, 0.15) is 12.4 Å². The van der Waals surface area contributed by atoms with E-state index in [0.717, 1.165) is 28.8 Å². The minimum Gasteiger partial charge on any atom is -0.488 e. The molecule has 0 spiro atoms. The number of nitrogens with zero attached hydrogens (tertiary/aromatic N) is 1. The van der Waals surface area contributed by atoms with Crippen molar-refractivity contribution in [1.82, 2.24) is 0 Å². The van der Waals surface area contributed by atoms with Crippen LogP contribution >= 0.6 is 0 Å². The molecule has 7 rings (SSSR count). The molecule has 0 saturated carbocycles. The highest BCUT2D eigenvalue weighted by Crippen LogP contribution is 2.49. The molecule has 202 valence electrons. The number of nitrogens with one attached hydrogen (secondary N) is 1. The quantitative estimate of drug-likeness (QED) is 0.174. The van der Waals surface area contributed by atoms with Crippen LogP contribution in [0.1, 0.15) is 51.8 Å². The van der Waals surface area contributed by atoms with Crippen LogP contribution in [-0.2, 0) is 6.61 Å². The first-order valence-electron chi connectivity index (χ1n) is 14.5. The third-order valence-corrected chi connectivity index (χ3v) is 8.47. The monoisotopic (exact) mass is 534 g/mol. The van der Waals surface area contributed by atoms with Gasteiger partial charge in [-0.05, 0) is 77.9 Å². The molecule has 1 heterocycles. The normalized spacial score (nSPS) is 19.2. The summed E-state index contributed by atoms with van der Waals surface area (Å²) in [5, 5.41) is 6.14. The zero-order chi connectivity index (χ0) is 27.8. The minimum atomic E-state index is 0.284. The first kappa shape index (κ1) is 25.3. The summed E-state index contributed by atoms with van der Waals surface area (Å²) in [5.41, 5.74) is 9.57. The van der Waals surface area contributed by atoms with Crippen molar-refractivity contribution in [2.24, 2.45) is 10.9 Å². The van der Waals surface area contributed by atoms with Crippen LogP contribution in [-0.4, -0.2) is 6.21 Å². The summed E-state index contributed by atoms with van der Waals surface area (Å²) in [6.07, 6.45) is 7.79. The van der Waals surface area contributed by atoms with Crippen molar-refractivity contribution in [3.05, 3.63) is 149 Å². The van der Waals surface area contributed by atoms with E-state index in [1.807, 2.05) is 6.21 Å². The molecule has 1 aliphatic heterocycles. The molecule has 3 heteroatoms. The molecule has 0 bridgehead atoms. The van der Waals surface area contributed by atoms with Crippen molar-refractivity contribution >= 4 is 28.4 Å². The Bertz CT molecular complexity index is 1760. The van der Waals surface area contributed by atoms with Crippen LogP contribution in [0.4, 0.5) is 11.4 Å². The topological polar surface area (TPSA) is 33.6 Å². The van der Waals surface area contributed by atoms with E-state index in [1.54, 1.807) is 0 Å². The lowest BCUT2D eigenvalue weighted by Gasteiger charge is -2.37. The van der Waals surface area contributed by atoms with E-state index in [9.17, 15) is 0 Å². The number of allylic oxidation sites excluding steroid dienone is 2. The van der Waals surface area contributed by atoms with Gasteiger partial charge in [-0.1, -0.05) is 102 Å². The number of hydrogen-bond donors (Lipinski definition) is 1. The van der Waals surface area contributed by atoms with Crippen LogP contribution in [0.3, 0.4) is 0 Å². The van der Waals surface area contributed by atoms with E-state index < -0.39 is 0 Å². The number of benzene rings is 5. The number of ether oxygens (including phenoxy) is 1. The van der Waals surface area contributed by atoms with Gasteiger partial charge >= 0.3 is 0 Å². The fourth-order valence-corrected chi connectivity index (χ4v) is 6.63. The Morgan fingerprint density at radius 1 is 0.854 bits per heavy atom. The molecule has 0 saturated heterocycles. The van der Waals surface area contributed by atoms with Crippen LogP contribution in [0, 0.1) is 19.8 Å². The number of rotatable bonds is 6. The Balaban J connectivity index is 1.15. The van der Waals surface area contributed by atoms with Gasteiger partial charge in [0.2, 0.25) is 0 Å². The molecule has 3 atom stereocenters. The second kappa shape index (κ2) is 10.7. The molecule has 0 fully saturated rings. The van der Waals surface area contributed by atoms with Gasteiger partial charge < -0.3 is 10.1 Å². The van der Waals surface area contributed by atoms with E-state index in [4.69, 9.17) is 9.73 Å². The maximum Gasteiger partial charge on any atom is 0.129 e. The zero-order valence-corrected chi connectivity index (χ0v) is 23.5. The summed E-state index contributed by atoms with van der Waals surface area (Å²) in [6.45, 7) is 4.77. The lowest BCUT2D eigenvalue weighted by Crippen LogP contribution is -2.28. The SMILES string of the molecule is Cc1cc(C)cc(COc2ccc3ccccc3c2C=Nc2ccc([C@@H]3Nc4ccccc4[C@H]4C=CC[C@H]43)cc2)c1. The predicted octanol–water partition coefficient (Wildman–Crippen LogP) is 9.61. The fourth-order valence-electron chi connectivity index (χ4n) is 6.63. The summed E-state index contributed by atoms with van der Waals surface area (Å²) in [5.74, 6) is 1.85. The van der Waals surface area contributed by atoms with Gasteiger partial charge in [0.15, 0.2) is 0 Å². The van der Waals surface area contributed by atoms with E-state index in [0.29, 0.717) is 18.4 Å². The number of aliphatic imine (C=N–C) groups is 1. The maximum atomic E-state index is 6.39. The average molecular weight is 535 g/mol. The molecule has 5 aromatic carbocycles. The largest absolute Gasteiger partial charge is 0.488 e. The predicted molar refractivity (Wildman–Crippen MR) is 171 cm³/mol. The lowest BCUT2D eigenvalue weighted by molar-refractivity contribution is 0.306. The Morgan fingerprint density at radius 3 is 2.49 bits per heavy atom. The Morgan fingerprint density at radius 2 is 1.63 bits per heavy atom. The molecule has 3 nitrogen and oxygen atoms in total. The summed E-state index contributed by atoms with van der Waals surface area (Å²) in [4.78, 5) is 4.92. The fraction of sp³-hybridized carbons (Fsp3) is 0.184. The lowest BCUT2D eigenvalue weighted by atomic mass is 9.77. The van der Waals surface area contributed by atoms with Gasteiger partial charge in [0.05, 0.1) is 11.7 Å². The number of aryl methyl sites for hydroxylation is 2. The summed E-state index contributed by atoms with van der Waals surface area (Å²) in [6, 6.07) is 36.9. The average Bonchev–Trinajstić information content (AvgIpc) is 3.49. The van der Waals surface area contributed by atoms with Crippen LogP contribution in [0.5, 0.6) is 5.75 Å². The molecular formula is C38H34N2O. The number of fused-ring (bicyclic) bond motifs is 4. The highest BCUT2D eigenvalue weighted by Gasteiger charge is 2.37. The van der Waals surface area contributed by atoms with Gasteiger partial charge in [-0.2, -0.15) is 0 Å². The van der Waals surface area contributed by atoms with Gasteiger partial charge in [-0.15, -0.1) is 0 Å². The molecule has 0 radical (unpaired) electrons. The molecule has 2 aliphatic rings. The van der Waals surface area contributed by atoms with E-state index in [-0.39, 0.29) is 6.04 Å². The third kappa shape index (κ3) is 5.04. The van der Waals surface area contributed by atoms with Crippen molar-refractivity contribution < 1.29 is 4.74 Å². The molecule has 0 amide bonds. The summed E-state index contributed by atoms with van der Waals surface area (Å²) in [7, 11) is 0. The van der Waals surface area contributed by atoms with Crippen LogP contribution < -0.4 is 10.1 Å². The van der Waals surface area contributed by atoms with Crippen LogP contribution in [0.2, 0.25) is 0 Å². The molecule has 5 aromatic rings. The Hall–Kier alpha value is -4.63. The number of para-hydroxylation sites is 1. The van der Waals surface area contributed by atoms with Crippen molar-refractivity contribution in [3.8, 4) is 5.75 Å². The molecule has 41 heavy (non-hydrogen) atoms. The standard InChI is InChI=1S/C38H34N2O/c1-25-20-26(2)22-27(21-25)24-41-37-19-16-28-8-3-4-9-31(28)35(37)23-39-30-17-14-29(15-18-30)38-34-12-7-11-32(34)33-10-5-6-13-36(33)40-38/h3-11,13-23,32,34,38,40H,12,24H2,1-2H3/t32-,34-,38+/m1/s1. The molecule has 0 aromatic heterocycles. The van der Waals surface area contributed by atoms with Crippen molar-refractivity contribution in [2.75, 3.05) is 5.32 Å². The molecule has 0 unspecified atom stereocenters. The zero-order valence-electron chi connectivity index (χ0n) is 23.5. The summed E-state index contributed by atoms with van der Waals surface area (Å²) >= 11 is 0. The molecule has 1 aliphatic carbocycles. The van der Waals surface area contributed by atoms with Gasteiger partial charge in [-0.3, -0.25) is 4.99 Å². The van der Waals surface area contributed by atoms with Crippen LogP contribution in [0.15, 0.2) is 120 Å². The van der Waals surface area contributed by atoms with E-state index in [2.05, 4.69) is 134 Å². The maximum absolute atomic E-state index is 6.39. The Labute approximate surface area is 242 Å². The van der Waals surface area contributed by atoms with Crippen LogP contribution in [0.25, 0.3) is 10.8 Å². The third-order valence-electron chi connectivity index (χ3n) is 8.47. The van der Waals surface area contributed by atoms with Gasteiger partial charge in [0, 0.05) is 23.4 Å². The first-order valence-corrected chi connectivity index (χ1v) is 14.5. The van der Waals surface area contributed by atoms with Crippen molar-refractivity contribution in [3.63, 3.8) is 0 Å². The van der Waals surface area contributed by atoms with E-state index in [1.165, 1.54) is 38.9 Å². The van der Waals surface area contributed by atoms with Gasteiger partial charge in [0.25, 0.3) is 0 Å². The number of anilines is 1. The molecular weight excluding hydrogens is 500 g/mol.